The van der Waals surface area contributed by atoms with Crippen LogP contribution < -0.4 is 10.6 Å². The highest BCUT2D eigenvalue weighted by molar-refractivity contribution is 5.78. The van der Waals surface area contributed by atoms with E-state index in [1.807, 2.05) is 24.3 Å². The molecule has 7 nitrogen and oxygen atoms in total. The zero-order chi connectivity index (χ0) is 24.0. The molecule has 2 N–H and O–H groups in total. The van der Waals surface area contributed by atoms with Crippen molar-refractivity contribution in [1.29, 1.82) is 0 Å². The van der Waals surface area contributed by atoms with E-state index in [0.29, 0.717) is 25.9 Å². The lowest BCUT2D eigenvalue weighted by atomic mass is 10.1. The van der Waals surface area contributed by atoms with Crippen LogP contribution in [0, 0.1) is 0 Å². The minimum atomic E-state index is -4.57. The molecular formula is C24H31F3N6O. The van der Waals surface area contributed by atoms with Crippen molar-refractivity contribution in [3.05, 3.63) is 41.6 Å². The van der Waals surface area contributed by atoms with Crippen molar-refractivity contribution in [1.82, 2.24) is 19.8 Å². The Hall–Kier alpha value is -2.88. The van der Waals surface area contributed by atoms with Crippen LogP contribution >= 0.6 is 0 Å². The Kier molecular flexibility index (Phi) is 7.87. The van der Waals surface area contributed by atoms with Crippen molar-refractivity contribution < 1.29 is 18.0 Å². The number of hydrogen-bond donors (Lipinski definition) is 2. The molecule has 0 atom stereocenters. The number of anilines is 3. The summed E-state index contributed by atoms with van der Waals surface area (Å²) in [4.78, 5) is 23.9. The second kappa shape index (κ2) is 11.0. The van der Waals surface area contributed by atoms with Gasteiger partial charge in [-0.15, -0.1) is 0 Å². The molecule has 2 saturated heterocycles. The third kappa shape index (κ3) is 6.59. The summed E-state index contributed by atoms with van der Waals surface area (Å²) in [5.74, 6) is -0.0606. The maximum Gasteiger partial charge on any atom is 0.421 e. The number of rotatable bonds is 9. The minimum Gasteiger partial charge on any atom is -0.369 e. The van der Waals surface area contributed by atoms with Crippen LogP contribution in [0.25, 0.3) is 0 Å². The van der Waals surface area contributed by atoms with E-state index in [1.54, 1.807) is 4.90 Å². The van der Waals surface area contributed by atoms with Crippen LogP contribution in [0.3, 0.4) is 0 Å². The highest BCUT2D eigenvalue weighted by atomic mass is 19.4. The summed E-state index contributed by atoms with van der Waals surface area (Å²) < 4.78 is 40.5. The fourth-order valence-corrected chi connectivity index (χ4v) is 4.45. The average Bonchev–Trinajstić information content (AvgIpc) is 3.21. The lowest BCUT2D eigenvalue weighted by Gasteiger charge is -2.26. The van der Waals surface area contributed by atoms with E-state index in [0.717, 1.165) is 43.5 Å². The van der Waals surface area contributed by atoms with Crippen molar-refractivity contribution in [3.8, 4) is 0 Å². The molecule has 3 heterocycles. The number of nitrogens with one attached hydrogen (secondary N) is 2. The highest BCUT2D eigenvalue weighted by Crippen LogP contribution is 2.34. The van der Waals surface area contributed by atoms with Gasteiger partial charge in [0.2, 0.25) is 11.9 Å². The molecule has 2 fully saturated rings. The number of carbonyl (C=O) groups excluding carboxylic acids is 1. The number of hydrogen-bond acceptors (Lipinski definition) is 6. The fourth-order valence-electron chi connectivity index (χ4n) is 4.45. The Morgan fingerprint density at radius 3 is 2.62 bits per heavy atom. The van der Waals surface area contributed by atoms with Gasteiger partial charge in [-0.3, -0.25) is 9.69 Å². The standard InChI is InChI=1S/C24H31F3N6O/c25-24(26,27)20-16-29-23(31-22(20)28-10-6-14-33-13-5-9-21(33)34)30-19-8-4-7-18(15-19)17-32-11-2-1-3-12-32/h4,7-8,15-16H,1-3,5-6,9-14,17H2,(H2,28,29,30,31). The number of benzene rings is 1. The molecule has 184 valence electrons. The Labute approximate surface area is 197 Å². The summed E-state index contributed by atoms with van der Waals surface area (Å²) in [6, 6.07) is 7.80. The number of nitrogens with zero attached hydrogens (tertiary/aromatic N) is 4. The van der Waals surface area contributed by atoms with Gasteiger partial charge in [-0.05, 0) is 56.5 Å². The topological polar surface area (TPSA) is 73.4 Å². The zero-order valence-electron chi connectivity index (χ0n) is 19.2. The second-order valence-corrected chi connectivity index (χ2v) is 8.88. The molecule has 0 bridgehead atoms. The van der Waals surface area contributed by atoms with Crippen LogP contribution in [0.1, 0.15) is 49.7 Å². The molecule has 2 aromatic rings. The first-order valence-corrected chi connectivity index (χ1v) is 11.9. The van der Waals surface area contributed by atoms with Crippen LogP contribution in [0.15, 0.2) is 30.5 Å². The molecule has 0 unspecified atom stereocenters. The molecule has 0 spiro atoms. The summed E-state index contributed by atoms with van der Waals surface area (Å²) in [5.41, 5.74) is 0.954. The molecule has 1 amide bonds. The van der Waals surface area contributed by atoms with Crippen molar-refractivity contribution in [2.45, 2.75) is 51.2 Å². The highest BCUT2D eigenvalue weighted by Gasteiger charge is 2.35. The first kappa shape index (κ1) is 24.3. The average molecular weight is 477 g/mol. The number of piperidine rings is 1. The van der Waals surface area contributed by atoms with E-state index in [9.17, 15) is 18.0 Å². The number of aromatic nitrogens is 2. The quantitative estimate of drug-likeness (QED) is 0.514. The number of halogens is 3. The van der Waals surface area contributed by atoms with E-state index >= 15 is 0 Å². The van der Waals surface area contributed by atoms with Crippen molar-refractivity contribution in [3.63, 3.8) is 0 Å². The Balaban J connectivity index is 1.40. The molecule has 0 aliphatic carbocycles. The second-order valence-electron chi connectivity index (χ2n) is 8.88. The molecule has 1 aromatic heterocycles. The number of amides is 1. The van der Waals surface area contributed by atoms with Gasteiger partial charge < -0.3 is 15.5 Å². The number of alkyl halides is 3. The molecule has 34 heavy (non-hydrogen) atoms. The Bertz CT molecular complexity index is 977. The van der Waals surface area contributed by atoms with Gasteiger partial charge in [0.15, 0.2) is 0 Å². The van der Waals surface area contributed by atoms with E-state index in [4.69, 9.17) is 0 Å². The number of carbonyl (C=O) groups is 1. The predicted octanol–water partition coefficient (Wildman–Crippen LogP) is 4.65. The van der Waals surface area contributed by atoms with Crippen molar-refractivity contribution in [2.24, 2.45) is 0 Å². The summed E-state index contributed by atoms with van der Waals surface area (Å²) >= 11 is 0. The Morgan fingerprint density at radius 2 is 1.88 bits per heavy atom. The van der Waals surface area contributed by atoms with E-state index < -0.39 is 11.7 Å². The molecule has 2 aliphatic rings. The molecular weight excluding hydrogens is 445 g/mol. The van der Waals surface area contributed by atoms with Gasteiger partial charge in [-0.2, -0.15) is 18.2 Å². The van der Waals surface area contributed by atoms with Gasteiger partial charge in [-0.25, -0.2) is 4.98 Å². The first-order valence-electron chi connectivity index (χ1n) is 11.9. The fraction of sp³-hybridized carbons (Fsp3) is 0.542. The third-order valence-corrected chi connectivity index (χ3v) is 6.20. The molecule has 0 saturated carbocycles. The van der Waals surface area contributed by atoms with Crippen LogP contribution in [0.2, 0.25) is 0 Å². The Morgan fingerprint density at radius 1 is 1.06 bits per heavy atom. The molecule has 4 rings (SSSR count). The molecule has 10 heteroatoms. The minimum absolute atomic E-state index is 0.0975. The lowest BCUT2D eigenvalue weighted by Crippen LogP contribution is -2.29. The normalized spacial score (nSPS) is 17.3. The van der Waals surface area contributed by atoms with Gasteiger partial charge in [0.05, 0.1) is 0 Å². The maximum absolute atomic E-state index is 13.5. The van der Waals surface area contributed by atoms with E-state index in [2.05, 4.69) is 25.5 Å². The third-order valence-electron chi connectivity index (χ3n) is 6.20. The monoisotopic (exact) mass is 476 g/mol. The molecule has 1 aromatic carbocycles. The van der Waals surface area contributed by atoms with Crippen molar-refractivity contribution in [2.75, 3.05) is 43.4 Å². The molecule has 0 radical (unpaired) electrons. The van der Waals surface area contributed by atoms with Crippen LogP contribution in [0.5, 0.6) is 0 Å². The summed E-state index contributed by atoms with van der Waals surface area (Å²) in [6.45, 7) is 4.52. The van der Waals surface area contributed by atoms with Crippen LogP contribution in [-0.4, -0.2) is 58.4 Å². The first-order chi connectivity index (χ1) is 16.4. The smallest absolute Gasteiger partial charge is 0.369 e. The van der Waals surface area contributed by atoms with Gasteiger partial charge >= 0.3 is 6.18 Å². The molecule has 2 aliphatic heterocycles. The van der Waals surface area contributed by atoms with E-state index in [-0.39, 0.29) is 24.2 Å². The van der Waals surface area contributed by atoms with E-state index in [1.165, 1.54) is 19.3 Å². The van der Waals surface area contributed by atoms with Gasteiger partial charge in [-0.1, -0.05) is 18.6 Å². The maximum atomic E-state index is 13.5. The summed E-state index contributed by atoms with van der Waals surface area (Å²) in [7, 11) is 0. The number of likely N-dealkylation sites (tertiary alicyclic amines) is 2. The van der Waals surface area contributed by atoms with Crippen molar-refractivity contribution >= 4 is 23.4 Å². The predicted molar refractivity (Wildman–Crippen MR) is 125 cm³/mol. The zero-order valence-corrected chi connectivity index (χ0v) is 19.2. The largest absolute Gasteiger partial charge is 0.421 e. The van der Waals surface area contributed by atoms with Gasteiger partial charge in [0.25, 0.3) is 0 Å². The SMILES string of the molecule is O=C1CCCN1CCCNc1nc(Nc2cccc(CN3CCCCC3)c2)ncc1C(F)(F)F. The van der Waals surface area contributed by atoms with Gasteiger partial charge in [0, 0.05) is 44.5 Å². The summed E-state index contributed by atoms with van der Waals surface area (Å²) in [5, 5.41) is 5.84. The lowest BCUT2D eigenvalue weighted by molar-refractivity contribution is -0.137. The van der Waals surface area contributed by atoms with Gasteiger partial charge in [0.1, 0.15) is 11.4 Å². The van der Waals surface area contributed by atoms with Crippen LogP contribution in [-0.2, 0) is 17.5 Å². The van der Waals surface area contributed by atoms with Crippen LogP contribution in [0.4, 0.5) is 30.6 Å². The summed E-state index contributed by atoms with van der Waals surface area (Å²) in [6.07, 6.45) is 1.85.